The predicted octanol–water partition coefficient (Wildman–Crippen LogP) is 0.658. The molecule has 0 aliphatic carbocycles. The Bertz CT molecular complexity index is 515. The lowest BCUT2D eigenvalue weighted by Crippen LogP contribution is -2.43. The van der Waals surface area contributed by atoms with Crippen molar-refractivity contribution in [3.05, 3.63) is 29.8 Å². The molecule has 1 aliphatic heterocycles. The molecule has 1 aromatic rings. The average molecular weight is 289 g/mol. The van der Waals surface area contributed by atoms with E-state index in [4.69, 9.17) is 14.6 Å². The Balaban J connectivity index is 1.76. The second-order valence-corrected chi connectivity index (χ2v) is 4.58. The molecule has 5 heteroatoms. The van der Waals surface area contributed by atoms with Crippen molar-refractivity contribution in [1.82, 2.24) is 4.90 Å². The van der Waals surface area contributed by atoms with Crippen LogP contribution in [0, 0.1) is 11.8 Å². The van der Waals surface area contributed by atoms with Gasteiger partial charge in [0.05, 0.1) is 19.8 Å². The van der Waals surface area contributed by atoms with Crippen molar-refractivity contribution in [3.63, 3.8) is 0 Å². The van der Waals surface area contributed by atoms with Gasteiger partial charge in [0, 0.05) is 18.5 Å². The maximum Gasteiger partial charge on any atom is 0.248 e. The summed E-state index contributed by atoms with van der Waals surface area (Å²) in [5.41, 5.74) is 0.888. The van der Waals surface area contributed by atoms with Gasteiger partial charge in [-0.15, -0.1) is 0 Å². The molecule has 1 aliphatic rings. The number of aliphatic hydroxyl groups is 1. The highest BCUT2D eigenvalue weighted by molar-refractivity contribution is 5.77. The van der Waals surface area contributed by atoms with E-state index in [0.717, 1.165) is 11.3 Å². The third-order valence-electron chi connectivity index (χ3n) is 3.04. The Hall–Kier alpha value is -2.03. The normalized spacial score (nSPS) is 14.5. The fraction of sp³-hybridized carbons (Fsp3) is 0.438. The highest BCUT2D eigenvalue weighted by Crippen LogP contribution is 2.11. The van der Waals surface area contributed by atoms with Crippen molar-refractivity contribution < 1.29 is 19.4 Å². The molecule has 0 unspecified atom stereocenters. The molecule has 2 rings (SSSR count). The monoisotopic (exact) mass is 289 g/mol. The predicted molar refractivity (Wildman–Crippen MR) is 77.9 cm³/mol. The summed E-state index contributed by atoms with van der Waals surface area (Å²) in [6, 6.07) is 7.45. The van der Waals surface area contributed by atoms with Gasteiger partial charge in [0.15, 0.2) is 0 Å². The Morgan fingerprint density at radius 1 is 1.33 bits per heavy atom. The van der Waals surface area contributed by atoms with E-state index in [9.17, 15) is 4.79 Å². The number of carbonyl (C=O) groups is 1. The fourth-order valence-corrected chi connectivity index (χ4v) is 1.92. The minimum atomic E-state index is 0.0133. The summed E-state index contributed by atoms with van der Waals surface area (Å²) in [7, 11) is 0. The van der Waals surface area contributed by atoms with Crippen LogP contribution in [0.15, 0.2) is 24.3 Å². The molecule has 0 spiro atoms. The van der Waals surface area contributed by atoms with Crippen LogP contribution in [0.4, 0.5) is 0 Å². The summed E-state index contributed by atoms with van der Waals surface area (Å²) in [4.78, 5) is 13.3. The first-order valence-corrected chi connectivity index (χ1v) is 6.98. The molecule has 0 radical (unpaired) electrons. The maximum absolute atomic E-state index is 11.5. The molecular formula is C16H19NO4. The Kier molecular flexibility index (Phi) is 6.07. The van der Waals surface area contributed by atoms with Crippen molar-refractivity contribution in [1.29, 1.82) is 0 Å². The van der Waals surface area contributed by atoms with E-state index in [0.29, 0.717) is 32.7 Å². The van der Waals surface area contributed by atoms with Gasteiger partial charge in [-0.3, -0.25) is 4.79 Å². The summed E-state index contributed by atoms with van der Waals surface area (Å²) in [6.45, 7) is 2.49. The molecule has 21 heavy (non-hydrogen) atoms. The third kappa shape index (κ3) is 5.10. The minimum Gasteiger partial charge on any atom is -0.492 e. The van der Waals surface area contributed by atoms with Crippen molar-refractivity contribution in [2.45, 2.75) is 6.42 Å². The standard InChI is InChI=1S/C16H19NO4/c18-10-2-1-3-14-4-6-15(7-5-14)21-12-9-17-8-11-20-13-16(17)19/h4-7,18H,2,8-13H2. The molecule has 1 aromatic carbocycles. The average Bonchev–Trinajstić information content (AvgIpc) is 2.51. The van der Waals surface area contributed by atoms with E-state index in [1.54, 1.807) is 4.90 Å². The van der Waals surface area contributed by atoms with Gasteiger partial charge in [0.2, 0.25) is 5.91 Å². The van der Waals surface area contributed by atoms with Crippen LogP contribution in [0.1, 0.15) is 12.0 Å². The van der Waals surface area contributed by atoms with Gasteiger partial charge in [-0.1, -0.05) is 11.8 Å². The number of ether oxygens (including phenoxy) is 2. The molecule has 0 saturated carbocycles. The summed E-state index contributed by atoms with van der Waals surface area (Å²) in [6.07, 6.45) is 0.478. The Morgan fingerprint density at radius 2 is 2.14 bits per heavy atom. The highest BCUT2D eigenvalue weighted by atomic mass is 16.5. The Morgan fingerprint density at radius 3 is 2.86 bits per heavy atom. The zero-order valence-corrected chi connectivity index (χ0v) is 11.9. The lowest BCUT2D eigenvalue weighted by atomic mass is 10.2. The van der Waals surface area contributed by atoms with E-state index in [2.05, 4.69) is 11.8 Å². The first-order chi connectivity index (χ1) is 10.3. The molecule has 5 nitrogen and oxygen atoms in total. The number of amides is 1. The Labute approximate surface area is 124 Å². The number of carbonyl (C=O) groups excluding carboxylic acids is 1. The van der Waals surface area contributed by atoms with Crippen LogP contribution in [-0.4, -0.2) is 55.4 Å². The van der Waals surface area contributed by atoms with Crippen molar-refractivity contribution in [3.8, 4) is 17.6 Å². The fourth-order valence-electron chi connectivity index (χ4n) is 1.92. The highest BCUT2D eigenvalue weighted by Gasteiger charge is 2.17. The SMILES string of the molecule is O=C1COCCN1CCOc1ccc(C#CCCO)cc1. The minimum absolute atomic E-state index is 0.0133. The molecule has 1 N–H and O–H groups in total. The number of hydrogen-bond acceptors (Lipinski definition) is 4. The van der Waals surface area contributed by atoms with Gasteiger partial charge in [-0.05, 0) is 24.3 Å². The van der Waals surface area contributed by atoms with Crippen molar-refractivity contribution >= 4 is 5.91 Å². The molecule has 0 aromatic heterocycles. The quantitative estimate of drug-likeness (QED) is 0.809. The van der Waals surface area contributed by atoms with Crippen LogP contribution in [0.25, 0.3) is 0 Å². The maximum atomic E-state index is 11.5. The zero-order valence-electron chi connectivity index (χ0n) is 11.9. The number of benzene rings is 1. The summed E-state index contributed by atoms with van der Waals surface area (Å²) >= 11 is 0. The van der Waals surface area contributed by atoms with Crippen LogP contribution in [-0.2, 0) is 9.53 Å². The van der Waals surface area contributed by atoms with Gasteiger partial charge in [-0.25, -0.2) is 0 Å². The van der Waals surface area contributed by atoms with E-state index in [1.165, 1.54) is 0 Å². The van der Waals surface area contributed by atoms with Gasteiger partial charge in [0.1, 0.15) is 19.0 Å². The molecule has 1 saturated heterocycles. The molecule has 0 bridgehead atoms. The molecule has 112 valence electrons. The first-order valence-electron chi connectivity index (χ1n) is 6.98. The molecular weight excluding hydrogens is 270 g/mol. The van der Waals surface area contributed by atoms with Crippen LogP contribution in [0.3, 0.4) is 0 Å². The van der Waals surface area contributed by atoms with Crippen LogP contribution in [0.5, 0.6) is 5.75 Å². The first kappa shape index (κ1) is 15.4. The number of nitrogens with zero attached hydrogens (tertiary/aromatic N) is 1. The second kappa shape index (κ2) is 8.30. The number of hydrogen-bond donors (Lipinski definition) is 1. The van der Waals surface area contributed by atoms with Crippen LogP contribution in [0.2, 0.25) is 0 Å². The number of morpholine rings is 1. The molecule has 1 fully saturated rings. The van der Waals surface area contributed by atoms with Crippen LogP contribution >= 0.6 is 0 Å². The van der Waals surface area contributed by atoms with E-state index >= 15 is 0 Å². The van der Waals surface area contributed by atoms with E-state index in [-0.39, 0.29) is 19.1 Å². The van der Waals surface area contributed by atoms with E-state index in [1.807, 2.05) is 24.3 Å². The lowest BCUT2D eigenvalue weighted by molar-refractivity contribution is -0.143. The van der Waals surface area contributed by atoms with Gasteiger partial charge in [-0.2, -0.15) is 0 Å². The largest absolute Gasteiger partial charge is 0.492 e. The number of rotatable bonds is 5. The smallest absolute Gasteiger partial charge is 0.248 e. The summed E-state index contributed by atoms with van der Waals surface area (Å²) in [5.74, 6) is 6.59. The number of aliphatic hydroxyl groups excluding tert-OH is 1. The third-order valence-corrected chi connectivity index (χ3v) is 3.04. The molecule has 1 heterocycles. The van der Waals surface area contributed by atoms with Crippen LogP contribution < -0.4 is 4.74 Å². The molecule has 1 amide bonds. The lowest BCUT2D eigenvalue weighted by Gasteiger charge is -2.26. The summed E-state index contributed by atoms with van der Waals surface area (Å²) < 4.78 is 10.7. The zero-order chi connectivity index (χ0) is 14.9. The summed E-state index contributed by atoms with van der Waals surface area (Å²) in [5, 5.41) is 8.65. The van der Waals surface area contributed by atoms with Crippen molar-refractivity contribution in [2.24, 2.45) is 0 Å². The van der Waals surface area contributed by atoms with Crippen molar-refractivity contribution in [2.75, 3.05) is 39.5 Å². The molecule has 0 atom stereocenters. The van der Waals surface area contributed by atoms with Gasteiger partial charge in [0.25, 0.3) is 0 Å². The second-order valence-electron chi connectivity index (χ2n) is 4.58. The van der Waals surface area contributed by atoms with Gasteiger partial charge >= 0.3 is 0 Å². The van der Waals surface area contributed by atoms with E-state index < -0.39 is 0 Å². The topological polar surface area (TPSA) is 59.0 Å². The van der Waals surface area contributed by atoms with Gasteiger partial charge < -0.3 is 19.5 Å².